The Kier molecular flexibility index (Phi) is 3.66. The van der Waals surface area contributed by atoms with Crippen LogP contribution in [0.1, 0.15) is 25.5 Å². The van der Waals surface area contributed by atoms with E-state index in [9.17, 15) is 15.0 Å². The predicted molar refractivity (Wildman–Crippen MR) is 70.0 cm³/mol. The number of nitrogens with zero attached hydrogens (tertiary/aromatic N) is 1. The molecule has 1 aromatic rings. The molecule has 0 spiro atoms. The number of phenolic OH excluding ortho intramolecular Hbond substituents is 2. The third-order valence-electron chi connectivity index (χ3n) is 3.97. The fourth-order valence-electron chi connectivity index (χ4n) is 2.72. The summed E-state index contributed by atoms with van der Waals surface area (Å²) in [5, 5.41) is 28.5. The summed E-state index contributed by atoms with van der Waals surface area (Å²) < 4.78 is 0. The summed E-state index contributed by atoms with van der Waals surface area (Å²) >= 11 is 0. The fraction of sp³-hybridized carbons (Fsp3) is 0.500. The maximum Gasteiger partial charge on any atom is 0.308 e. The lowest BCUT2D eigenvalue weighted by atomic mass is 9.99. The predicted octanol–water partition coefficient (Wildman–Crippen LogP) is 1.81. The van der Waals surface area contributed by atoms with E-state index in [0.717, 1.165) is 0 Å². The van der Waals surface area contributed by atoms with Crippen molar-refractivity contribution in [3.63, 3.8) is 0 Å². The van der Waals surface area contributed by atoms with Crippen LogP contribution in [0.25, 0.3) is 0 Å². The van der Waals surface area contributed by atoms with Crippen LogP contribution in [0.5, 0.6) is 11.5 Å². The summed E-state index contributed by atoms with van der Waals surface area (Å²) in [6.07, 6.45) is 0. The number of carboxylic acid groups (broad SMARTS) is 1. The van der Waals surface area contributed by atoms with E-state index in [1.165, 1.54) is 18.2 Å². The molecular weight excluding hydrogens is 246 g/mol. The molecule has 1 saturated heterocycles. The van der Waals surface area contributed by atoms with E-state index in [-0.39, 0.29) is 29.4 Å². The number of benzene rings is 1. The van der Waals surface area contributed by atoms with E-state index in [1.807, 2.05) is 18.7 Å². The van der Waals surface area contributed by atoms with Crippen molar-refractivity contribution in [3.8, 4) is 11.5 Å². The second kappa shape index (κ2) is 5.09. The first kappa shape index (κ1) is 13.7. The molecule has 104 valence electrons. The Labute approximate surface area is 112 Å². The molecule has 1 fully saturated rings. The Bertz CT molecular complexity index is 488. The van der Waals surface area contributed by atoms with E-state index in [0.29, 0.717) is 18.7 Å². The number of rotatable bonds is 3. The lowest BCUT2D eigenvalue weighted by Gasteiger charge is -2.25. The van der Waals surface area contributed by atoms with E-state index < -0.39 is 5.97 Å². The summed E-state index contributed by atoms with van der Waals surface area (Å²) in [4.78, 5) is 13.1. The second-order valence-electron chi connectivity index (χ2n) is 5.30. The molecule has 2 rings (SSSR count). The molecule has 5 heteroatoms. The maximum absolute atomic E-state index is 11.1. The summed E-state index contributed by atoms with van der Waals surface area (Å²) in [5.41, 5.74) is 0.623. The van der Waals surface area contributed by atoms with Gasteiger partial charge in [0.05, 0.1) is 5.92 Å². The van der Waals surface area contributed by atoms with Gasteiger partial charge in [0.2, 0.25) is 0 Å². The van der Waals surface area contributed by atoms with Gasteiger partial charge in [0, 0.05) is 24.7 Å². The van der Waals surface area contributed by atoms with Gasteiger partial charge in [-0.1, -0.05) is 6.92 Å². The normalized spacial score (nSPS) is 25.4. The highest BCUT2D eigenvalue weighted by molar-refractivity contribution is 5.71. The van der Waals surface area contributed by atoms with Crippen molar-refractivity contribution in [2.45, 2.75) is 19.9 Å². The summed E-state index contributed by atoms with van der Waals surface area (Å²) in [6, 6.07) is 4.28. The number of phenols is 2. The molecule has 0 amide bonds. The Hall–Kier alpha value is -1.75. The van der Waals surface area contributed by atoms with Crippen molar-refractivity contribution < 1.29 is 20.1 Å². The minimum absolute atomic E-state index is 0.0828. The molecule has 3 atom stereocenters. The molecule has 1 aromatic carbocycles. The zero-order valence-corrected chi connectivity index (χ0v) is 11.1. The minimum Gasteiger partial charge on any atom is -0.508 e. The number of aliphatic carboxylic acids is 1. The van der Waals surface area contributed by atoms with Crippen molar-refractivity contribution >= 4 is 5.97 Å². The molecule has 19 heavy (non-hydrogen) atoms. The average Bonchev–Trinajstić information content (AvgIpc) is 2.74. The van der Waals surface area contributed by atoms with Crippen LogP contribution in [0, 0.1) is 11.8 Å². The molecule has 0 aliphatic carbocycles. The molecule has 3 unspecified atom stereocenters. The van der Waals surface area contributed by atoms with Gasteiger partial charge in [-0.3, -0.25) is 9.69 Å². The van der Waals surface area contributed by atoms with Crippen molar-refractivity contribution in [1.82, 2.24) is 4.90 Å². The molecule has 3 N–H and O–H groups in total. The van der Waals surface area contributed by atoms with Crippen molar-refractivity contribution in [1.29, 1.82) is 0 Å². The van der Waals surface area contributed by atoms with E-state index >= 15 is 0 Å². The van der Waals surface area contributed by atoms with Gasteiger partial charge in [-0.25, -0.2) is 0 Å². The molecule has 0 saturated carbocycles. The van der Waals surface area contributed by atoms with Crippen LogP contribution in [0.2, 0.25) is 0 Å². The molecule has 0 aromatic heterocycles. The molecule has 1 heterocycles. The highest BCUT2D eigenvalue weighted by Crippen LogP contribution is 2.35. The van der Waals surface area contributed by atoms with Crippen LogP contribution in [-0.2, 0) is 4.79 Å². The first-order chi connectivity index (χ1) is 8.90. The van der Waals surface area contributed by atoms with Gasteiger partial charge in [0.15, 0.2) is 0 Å². The number of carbonyl (C=O) groups is 1. The van der Waals surface area contributed by atoms with Crippen molar-refractivity contribution in [2.75, 3.05) is 13.1 Å². The van der Waals surface area contributed by atoms with Crippen LogP contribution in [0.4, 0.5) is 0 Å². The van der Waals surface area contributed by atoms with Crippen LogP contribution in [-0.4, -0.2) is 39.3 Å². The second-order valence-corrected chi connectivity index (χ2v) is 5.30. The van der Waals surface area contributed by atoms with Gasteiger partial charge in [0.1, 0.15) is 11.5 Å². The van der Waals surface area contributed by atoms with Gasteiger partial charge in [-0.15, -0.1) is 0 Å². The lowest BCUT2D eigenvalue weighted by molar-refractivity contribution is -0.142. The molecular formula is C14H19NO4. The van der Waals surface area contributed by atoms with Crippen LogP contribution in [0.3, 0.4) is 0 Å². The number of carboxylic acids is 1. The molecule has 1 aliphatic rings. The van der Waals surface area contributed by atoms with Crippen molar-refractivity contribution in [2.24, 2.45) is 11.8 Å². The molecule has 0 bridgehead atoms. The third-order valence-corrected chi connectivity index (χ3v) is 3.97. The number of hydrogen-bond donors (Lipinski definition) is 3. The maximum atomic E-state index is 11.1. The molecule has 1 aliphatic heterocycles. The Morgan fingerprint density at radius 1 is 1.37 bits per heavy atom. The molecule has 0 radical (unpaired) electrons. The Balaban J connectivity index is 2.19. The minimum atomic E-state index is -0.776. The summed E-state index contributed by atoms with van der Waals surface area (Å²) in [7, 11) is 0. The van der Waals surface area contributed by atoms with Crippen LogP contribution < -0.4 is 0 Å². The first-order valence-corrected chi connectivity index (χ1v) is 6.39. The SMILES string of the molecule is CC1CN(C(C)c2cc(O)ccc2O)CC1C(=O)O. The standard InChI is InChI=1S/C14H19NO4/c1-8-6-15(7-12(8)14(18)19)9(2)11-5-10(16)3-4-13(11)17/h3-5,8-9,12,16-17H,6-7H2,1-2H3,(H,18,19). The van der Waals surface area contributed by atoms with E-state index in [1.54, 1.807) is 0 Å². The summed E-state index contributed by atoms with van der Waals surface area (Å²) in [5.74, 6) is -0.845. The highest BCUT2D eigenvalue weighted by atomic mass is 16.4. The number of hydrogen-bond acceptors (Lipinski definition) is 4. The van der Waals surface area contributed by atoms with Gasteiger partial charge in [0.25, 0.3) is 0 Å². The zero-order valence-electron chi connectivity index (χ0n) is 11.1. The lowest BCUT2D eigenvalue weighted by Crippen LogP contribution is -2.26. The number of aromatic hydroxyl groups is 2. The largest absolute Gasteiger partial charge is 0.508 e. The first-order valence-electron chi connectivity index (χ1n) is 6.39. The quantitative estimate of drug-likeness (QED) is 0.726. The Morgan fingerprint density at radius 2 is 2.05 bits per heavy atom. The van der Waals surface area contributed by atoms with Gasteiger partial charge < -0.3 is 15.3 Å². The highest BCUT2D eigenvalue weighted by Gasteiger charge is 2.37. The van der Waals surface area contributed by atoms with Crippen molar-refractivity contribution in [3.05, 3.63) is 23.8 Å². The zero-order chi connectivity index (χ0) is 14.2. The average molecular weight is 265 g/mol. The number of likely N-dealkylation sites (tertiary alicyclic amines) is 1. The Morgan fingerprint density at radius 3 is 2.63 bits per heavy atom. The third kappa shape index (κ3) is 2.66. The monoisotopic (exact) mass is 265 g/mol. The van der Waals surface area contributed by atoms with E-state index in [4.69, 9.17) is 5.11 Å². The van der Waals surface area contributed by atoms with Gasteiger partial charge in [-0.05, 0) is 31.0 Å². The van der Waals surface area contributed by atoms with Gasteiger partial charge >= 0.3 is 5.97 Å². The smallest absolute Gasteiger partial charge is 0.308 e. The summed E-state index contributed by atoms with van der Waals surface area (Å²) in [6.45, 7) is 4.97. The van der Waals surface area contributed by atoms with E-state index in [2.05, 4.69) is 0 Å². The van der Waals surface area contributed by atoms with Gasteiger partial charge in [-0.2, -0.15) is 0 Å². The molecule has 5 nitrogen and oxygen atoms in total. The van der Waals surface area contributed by atoms with Crippen LogP contribution in [0.15, 0.2) is 18.2 Å². The topological polar surface area (TPSA) is 81.0 Å². The fourth-order valence-corrected chi connectivity index (χ4v) is 2.72. The van der Waals surface area contributed by atoms with Crippen LogP contribution >= 0.6 is 0 Å².